The van der Waals surface area contributed by atoms with Crippen LogP contribution in [0.1, 0.15) is 32.5 Å². The van der Waals surface area contributed by atoms with Crippen LogP contribution in [0.15, 0.2) is 54.7 Å². The number of urea groups is 1. The van der Waals surface area contributed by atoms with Crippen molar-refractivity contribution in [3.8, 4) is 0 Å². The maximum atomic E-state index is 12.5. The second kappa shape index (κ2) is 7.59. The number of amides is 3. The van der Waals surface area contributed by atoms with Gasteiger partial charge in [0.15, 0.2) is 0 Å². The summed E-state index contributed by atoms with van der Waals surface area (Å²) in [4.78, 5) is 28.7. The van der Waals surface area contributed by atoms with Gasteiger partial charge >= 0.3 is 6.03 Å². The zero-order valence-electron chi connectivity index (χ0n) is 14.0. The number of carbonyl (C=O) groups excluding carboxylic acids is 2. The lowest BCUT2D eigenvalue weighted by Gasteiger charge is -2.27. The molecule has 0 aliphatic carbocycles. The van der Waals surface area contributed by atoms with Gasteiger partial charge < -0.3 is 16.0 Å². The largest absolute Gasteiger partial charge is 0.346 e. The number of hydrogen-bond donors (Lipinski definition) is 3. The van der Waals surface area contributed by atoms with E-state index < -0.39 is 11.6 Å². The minimum Gasteiger partial charge on any atom is -0.346 e. The number of nitrogens with zero attached hydrogens (tertiary/aromatic N) is 1. The number of aromatic nitrogens is 1. The van der Waals surface area contributed by atoms with E-state index in [0.717, 1.165) is 5.69 Å². The number of benzene rings is 1. The number of carbonyl (C=O) groups is 2. The topological polar surface area (TPSA) is 83.1 Å². The Morgan fingerprint density at radius 2 is 1.71 bits per heavy atom. The van der Waals surface area contributed by atoms with Gasteiger partial charge in [0.05, 0.1) is 11.7 Å². The predicted octanol–water partition coefficient (Wildman–Crippen LogP) is 2.86. The molecule has 24 heavy (non-hydrogen) atoms. The lowest BCUT2D eigenvalue weighted by atomic mass is 10.0. The average Bonchev–Trinajstić information content (AvgIpc) is 2.55. The van der Waals surface area contributed by atoms with E-state index in [9.17, 15) is 9.59 Å². The molecule has 0 spiro atoms. The van der Waals surface area contributed by atoms with Gasteiger partial charge in [-0.2, -0.15) is 0 Å². The molecule has 0 saturated carbocycles. The van der Waals surface area contributed by atoms with Gasteiger partial charge in [-0.1, -0.05) is 24.3 Å². The van der Waals surface area contributed by atoms with E-state index in [4.69, 9.17) is 0 Å². The average molecular weight is 326 g/mol. The number of nitrogens with one attached hydrogen (secondary N) is 3. The van der Waals surface area contributed by atoms with Crippen molar-refractivity contribution >= 4 is 17.6 Å². The summed E-state index contributed by atoms with van der Waals surface area (Å²) in [6.07, 6.45) is 1.68. The van der Waals surface area contributed by atoms with Crippen LogP contribution in [-0.2, 0) is 4.79 Å². The number of hydrogen-bond acceptors (Lipinski definition) is 3. The molecule has 1 atom stereocenters. The van der Waals surface area contributed by atoms with Gasteiger partial charge in [0.25, 0.3) is 0 Å². The SMILES string of the molecule is C[C@H](NC(=O)C(C)(C)NC(=O)Nc1ccccc1)c1ccccn1. The van der Waals surface area contributed by atoms with E-state index in [0.29, 0.717) is 5.69 Å². The van der Waals surface area contributed by atoms with Gasteiger partial charge in [0.2, 0.25) is 5.91 Å². The van der Waals surface area contributed by atoms with Crippen molar-refractivity contribution in [1.82, 2.24) is 15.6 Å². The molecule has 0 aliphatic rings. The molecule has 3 amide bonds. The molecule has 126 valence electrons. The number of rotatable bonds is 5. The molecule has 2 aromatic rings. The van der Waals surface area contributed by atoms with E-state index in [1.54, 1.807) is 32.2 Å². The highest BCUT2D eigenvalue weighted by Crippen LogP contribution is 2.12. The Morgan fingerprint density at radius 1 is 1.04 bits per heavy atom. The van der Waals surface area contributed by atoms with Crippen molar-refractivity contribution in [2.45, 2.75) is 32.4 Å². The van der Waals surface area contributed by atoms with Crippen molar-refractivity contribution < 1.29 is 9.59 Å². The van der Waals surface area contributed by atoms with E-state index in [1.165, 1.54) is 0 Å². The molecule has 0 bridgehead atoms. The van der Waals surface area contributed by atoms with Crippen LogP contribution in [-0.4, -0.2) is 22.5 Å². The summed E-state index contributed by atoms with van der Waals surface area (Å²) >= 11 is 0. The smallest absolute Gasteiger partial charge is 0.320 e. The lowest BCUT2D eigenvalue weighted by Crippen LogP contribution is -2.56. The Morgan fingerprint density at radius 3 is 2.33 bits per heavy atom. The fourth-order valence-corrected chi connectivity index (χ4v) is 2.11. The van der Waals surface area contributed by atoms with Gasteiger partial charge in [-0.3, -0.25) is 9.78 Å². The molecule has 0 unspecified atom stereocenters. The van der Waals surface area contributed by atoms with Crippen LogP contribution in [0.25, 0.3) is 0 Å². The molecule has 6 nitrogen and oxygen atoms in total. The number of anilines is 1. The van der Waals surface area contributed by atoms with Gasteiger partial charge in [-0.15, -0.1) is 0 Å². The van der Waals surface area contributed by atoms with Crippen LogP contribution in [0.5, 0.6) is 0 Å². The minimum absolute atomic E-state index is 0.253. The molecule has 1 aromatic heterocycles. The van der Waals surface area contributed by atoms with Crippen LogP contribution in [0, 0.1) is 0 Å². The molecular formula is C18H22N4O2. The van der Waals surface area contributed by atoms with E-state index in [2.05, 4.69) is 20.9 Å². The molecule has 0 saturated heterocycles. The minimum atomic E-state index is -1.07. The molecule has 0 aliphatic heterocycles. The second-order valence-corrected chi connectivity index (χ2v) is 6.02. The summed E-state index contributed by atoms with van der Waals surface area (Å²) in [5.74, 6) is -0.288. The van der Waals surface area contributed by atoms with Crippen molar-refractivity contribution in [2.75, 3.05) is 5.32 Å². The van der Waals surface area contributed by atoms with Crippen LogP contribution in [0.4, 0.5) is 10.5 Å². The molecule has 1 heterocycles. The van der Waals surface area contributed by atoms with Crippen molar-refractivity contribution in [2.24, 2.45) is 0 Å². The van der Waals surface area contributed by atoms with Gasteiger partial charge in [-0.25, -0.2) is 4.79 Å². The summed E-state index contributed by atoms with van der Waals surface area (Å²) in [5, 5.41) is 8.24. The number of pyridine rings is 1. The summed E-state index contributed by atoms with van der Waals surface area (Å²) < 4.78 is 0. The molecule has 2 rings (SSSR count). The van der Waals surface area contributed by atoms with E-state index >= 15 is 0 Å². The first-order valence-electron chi connectivity index (χ1n) is 7.74. The second-order valence-electron chi connectivity index (χ2n) is 6.02. The first-order valence-corrected chi connectivity index (χ1v) is 7.74. The Kier molecular flexibility index (Phi) is 5.52. The highest BCUT2D eigenvalue weighted by Gasteiger charge is 2.30. The fraction of sp³-hybridized carbons (Fsp3) is 0.278. The Labute approximate surface area is 141 Å². The highest BCUT2D eigenvalue weighted by molar-refractivity contribution is 5.95. The summed E-state index contributed by atoms with van der Waals surface area (Å²) in [7, 11) is 0. The summed E-state index contributed by atoms with van der Waals surface area (Å²) in [6.45, 7) is 5.15. The maximum absolute atomic E-state index is 12.5. The van der Waals surface area contributed by atoms with Crippen LogP contribution in [0.3, 0.4) is 0 Å². The summed E-state index contributed by atoms with van der Waals surface area (Å²) in [5.41, 5.74) is 0.352. The normalized spacial score (nSPS) is 12.1. The predicted molar refractivity (Wildman–Crippen MR) is 93.5 cm³/mol. The quantitative estimate of drug-likeness (QED) is 0.790. The Hall–Kier alpha value is -2.89. The fourth-order valence-electron chi connectivity index (χ4n) is 2.11. The van der Waals surface area contributed by atoms with Gasteiger partial charge in [0, 0.05) is 11.9 Å². The molecule has 3 N–H and O–H groups in total. The van der Waals surface area contributed by atoms with Crippen LogP contribution < -0.4 is 16.0 Å². The van der Waals surface area contributed by atoms with E-state index in [-0.39, 0.29) is 11.9 Å². The van der Waals surface area contributed by atoms with Crippen LogP contribution in [0.2, 0.25) is 0 Å². The van der Waals surface area contributed by atoms with E-state index in [1.807, 2.05) is 43.3 Å². The molecule has 6 heteroatoms. The van der Waals surface area contributed by atoms with Gasteiger partial charge in [-0.05, 0) is 45.0 Å². The van der Waals surface area contributed by atoms with Crippen molar-refractivity contribution in [3.63, 3.8) is 0 Å². The molecule has 0 radical (unpaired) electrons. The van der Waals surface area contributed by atoms with Crippen molar-refractivity contribution in [1.29, 1.82) is 0 Å². The monoisotopic (exact) mass is 326 g/mol. The highest BCUT2D eigenvalue weighted by atomic mass is 16.2. The van der Waals surface area contributed by atoms with Gasteiger partial charge in [0.1, 0.15) is 5.54 Å². The molecule has 1 aromatic carbocycles. The lowest BCUT2D eigenvalue weighted by molar-refractivity contribution is -0.126. The standard InChI is InChI=1S/C18H22N4O2/c1-13(15-11-7-8-12-19-15)20-16(23)18(2,3)22-17(24)21-14-9-5-4-6-10-14/h4-13H,1-3H3,(H,20,23)(H2,21,22,24)/t13-/m0/s1. The first kappa shape index (κ1) is 17.5. The van der Waals surface area contributed by atoms with Crippen molar-refractivity contribution in [3.05, 3.63) is 60.4 Å². The third-order valence-corrected chi connectivity index (χ3v) is 3.50. The number of para-hydroxylation sites is 1. The summed E-state index contributed by atoms with van der Waals surface area (Å²) in [6, 6.07) is 13.9. The maximum Gasteiger partial charge on any atom is 0.320 e. The Bertz CT molecular complexity index is 687. The molecule has 0 fully saturated rings. The molecular weight excluding hydrogens is 304 g/mol. The Balaban J connectivity index is 1.93. The zero-order chi connectivity index (χ0) is 17.6. The third kappa shape index (κ3) is 4.81. The zero-order valence-corrected chi connectivity index (χ0v) is 14.0. The third-order valence-electron chi connectivity index (χ3n) is 3.50. The first-order chi connectivity index (χ1) is 11.4. The van der Waals surface area contributed by atoms with Crippen LogP contribution >= 0.6 is 0 Å².